The average Bonchev–Trinajstić information content (AvgIpc) is 2.64. The highest BCUT2D eigenvalue weighted by Gasteiger charge is 2.06. The maximum absolute atomic E-state index is 5.52. The van der Waals surface area contributed by atoms with Gasteiger partial charge in [-0.2, -0.15) is 9.97 Å². The van der Waals surface area contributed by atoms with E-state index in [4.69, 9.17) is 22.4 Å². The topological polar surface area (TPSA) is 80.7 Å². The summed E-state index contributed by atoms with van der Waals surface area (Å²) in [6, 6.07) is 3.72. The molecule has 2 rings (SSSR count). The van der Waals surface area contributed by atoms with Crippen LogP contribution in [0, 0.1) is 4.77 Å². The van der Waals surface area contributed by atoms with E-state index in [2.05, 4.69) is 15.0 Å². The summed E-state index contributed by atoms with van der Waals surface area (Å²) in [7, 11) is 0. The van der Waals surface area contributed by atoms with Crippen LogP contribution < -0.4 is 5.73 Å². The highest BCUT2D eigenvalue weighted by atomic mass is 32.1. The molecule has 0 aliphatic heterocycles. The summed E-state index contributed by atoms with van der Waals surface area (Å²) in [6.07, 6.45) is 0.835. The third-order valence-electron chi connectivity index (χ3n) is 1.91. The number of anilines is 1. The van der Waals surface area contributed by atoms with Gasteiger partial charge in [-0.25, -0.2) is 0 Å². The number of nitrogens with two attached hydrogens (primary N) is 1. The van der Waals surface area contributed by atoms with Crippen LogP contribution in [0.2, 0.25) is 0 Å². The Hall–Kier alpha value is -1.69. The van der Waals surface area contributed by atoms with E-state index in [9.17, 15) is 0 Å². The zero-order valence-electron chi connectivity index (χ0n) is 8.15. The number of hydrogen-bond acceptors (Lipinski definition) is 5. The SMILES string of the molecule is CCc1ccc(-c2nc(=S)nc(N)[nH]2)o1. The molecule has 6 heteroatoms. The van der Waals surface area contributed by atoms with Crippen molar-refractivity contribution in [2.45, 2.75) is 13.3 Å². The third kappa shape index (κ3) is 2.04. The van der Waals surface area contributed by atoms with E-state index in [1.807, 2.05) is 19.1 Å². The first-order valence-corrected chi connectivity index (χ1v) is 4.93. The number of rotatable bonds is 2. The van der Waals surface area contributed by atoms with Gasteiger partial charge in [-0.1, -0.05) is 6.92 Å². The summed E-state index contributed by atoms with van der Waals surface area (Å²) in [6.45, 7) is 2.01. The molecule has 2 aromatic heterocycles. The molecular weight excluding hydrogens is 212 g/mol. The maximum Gasteiger partial charge on any atom is 0.224 e. The molecule has 15 heavy (non-hydrogen) atoms. The number of nitrogens with one attached hydrogen (secondary N) is 1. The lowest BCUT2D eigenvalue weighted by atomic mass is 10.3. The smallest absolute Gasteiger partial charge is 0.224 e. The Kier molecular flexibility index (Phi) is 2.51. The van der Waals surface area contributed by atoms with Crippen molar-refractivity contribution in [2.24, 2.45) is 0 Å². The lowest BCUT2D eigenvalue weighted by Gasteiger charge is -1.97. The quantitative estimate of drug-likeness (QED) is 0.759. The second kappa shape index (κ2) is 3.82. The maximum atomic E-state index is 5.52. The van der Waals surface area contributed by atoms with Gasteiger partial charge in [0.2, 0.25) is 10.7 Å². The summed E-state index contributed by atoms with van der Waals surface area (Å²) in [5, 5.41) is 0. The standard InChI is InChI=1S/C9H10N4OS/c1-2-5-3-4-6(14-5)7-11-8(10)13-9(15)12-7/h3-4H,2H2,1H3,(H3,10,11,12,13,15). The van der Waals surface area contributed by atoms with Crippen molar-refractivity contribution >= 4 is 18.2 Å². The summed E-state index contributed by atoms with van der Waals surface area (Å²) < 4.78 is 5.71. The monoisotopic (exact) mass is 222 g/mol. The van der Waals surface area contributed by atoms with Gasteiger partial charge in [0.1, 0.15) is 5.76 Å². The van der Waals surface area contributed by atoms with Crippen LogP contribution in [0.15, 0.2) is 16.5 Å². The van der Waals surface area contributed by atoms with E-state index in [0.717, 1.165) is 12.2 Å². The van der Waals surface area contributed by atoms with E-state index in [1.54, 1.807) is 0 Å². The molecule has 2 heterocycles. The van der Waals surface area contributed by atoms with Crippen molar-refractivity contribution in [1.29, 1.82) is 0 Å². The molecule has 0 radical (unpaired) electrons. The number of nitrogens with zero attached hydrogens (tertiary/aromatic N) is 2. The number of aromatic amines is 1. The lowest BCUT2D eigenvalue weighted by molar-refractivity contribution is 0.525. The van der Waals surface area contributed by atoms with Gasteiger partial charge in [-0.3, -0.25) is 0 Å². The Morgan fingerprint density at radius 1 is 1.47 bits per heavy atom. The van der Waals surface area contributed by atoms with Gasteiger partial charge in [-0.15, -0.1) is 0 Å². The molecule has 0 saturated carbocycles. The molecular formula is C9H10N4OS. The molecule has 0 bridgehead atoms. The van der Waals surface area contributed by atoms with Crippen LogP contribution in [-0.4, -0.2) is 15.0 Å². The Bertz CT molecular complexity index is 531. The molecule has 0 aromatic carbocycles. The minimum Gasteiger partial charge on any atom is -0.458 e. The molecule has 0 amide bonds. The van der Waals surface area contributed by atoms with Gasteiger partial charge in [0.05, 0.1) is 0 Å². The Balaban J connectivity index is 2.48. The molecule has 2 aromatic rings. The predicted octanol–water partition coefficient (Wildman–Crippen LogP) is 1.94. The Labute approximate surface area is 91.4 Å². The molecule has 0 aliphatic rings. The van der Waals surface area contributed by atoms with E-state index >= 15 is 0 Å². The van der Waals surface area contributed by atoms with E-state index < -0.39 is 0 Å². The summed E-state index contributed by atoms with van der Waals surface area (Å²) >= 11 is 4.86. The minimum absolute atomic E-state index is 0.204. The fourth-order valence-corrected chi connectivity index (χ4v) is 1.40. The fourth-order valence-electron chi connectivity index (χ4n) is 1.21. The Morgan fingerprint density at radius 2 is 2.27 bits per heavy atom. The zero-order valence-corrected chi connectivity index (χ0v) is 8.97. The average molecular weight is 222 g/mol. The second-order valence-corrected chi connectivity index (χ2v) is 3.35. The predicted molar refractivity (Wildman–Crippen MR) is 58.7 cm³/mol. The summed E-state index contributed by atoms with van der Waals surface area (Å²) in [5.74, 6) is 2.25. The summed E-state index contributed by atoms with van der Waals surface area (Å²) in [4.78, 5) is 10.6. The number of nitrogen functional groups attached to an aromatic ring is 1. The van der Waals surface area contributed by atoms with E-state index in [0.29, 0.717) is 11.6 Å². The van der Waals surface area contributed by atoms with Crippen LogP contribution >= 0.6 is 12.2 Å². The number of H-pyrrole nitrogens is 1. The second-order valence-electron chi connectivity index (χ2n) is 2.98. The van der Waals surface area contributed by atoms with Gasteiger partial charge in [0, 0.05) is 6.42 Å². The first kappa shape index (κ1) is 9.85. The number of aromatic nitrogens is 3. The lowest BCUT2D eigenvalue weighted by Crippen LogP contribution is -1.99. The van der Waals surface area contributed by atoms with E-state index in [-0.39, 0.29) is 10.7 Å². The van der Waals surface area contributed by atoms with Crippen LogP contribution in [-0.2, 0) is 6.42 Å². The molecule has 78 valence electrons. The highest BCUT2D eigenvalue weighted by molar-refractivity contribution is 7.71. The largest absolute Gasteiger partial charge is 0.458 e. The summed E-state index contributed by atoms with van der Waals surface area (Å²) in [5.41, 5.74) is 5.52. The molecule has 0 aliphatic carbocycles. The van der Waals surface area contributed by atoms with Crippen molar-refractivity contribution in [2.75, 3.05) is 5.73 Å². The number of hydrogen-bond donors (Lipinski definition) is 2. The fraction of sp³-hybridized carbons (Fsp3) is 0.222. The highest BCUT2D eigenvalue weighted by Crippen LogP contribution is 2.18. The first-order valence-electron chi connectivity index (χ1n) is 4.52. The van der Waals surface area contributed by atoms with Gasteiger partial charge < -0.3 is 15.1 Å². The first-order chi connectivity index (χ1) is 7.19. The van der Waals surface area contributed by atoms with Crippen molar-refractivity contribution in [1.82, 2.24) is 15.0 Å². The molecule has 0 saturated heterocycles. The minimum atomic E-state index is 0.204. The van der Waals surface area contributed by atoms with Crippen LogP contribution in [0.5, 0.6) is 0 Å². The van der Waals surface area contributed by atoms with Crippen LogP contribution in [0.3, 0.4) is 0 Å². The van der Waals surface area contributed by atoms with Crippen molar-refractivity contribution in [3.05, 3.63) is 22.7 Å². The van der Waals surface area contributed by atoms with E-state index in [1.165, 1.54) is 0 Å². The van der Waals surface area contributed by atoms with Gasteiger partial charge in [0.25, 0.3) is 0 Å². The molecule has 5 nitrogen and oxygen atoms in total. The molecule has 0 spiro atoms. The van der Waals surface area contributed by atoms with Crippen molar-refractivity contribution < 1.29 is 4.42 Å². The van der Waals surface area contributed by atoms with Crippen LogP contribution in [0.4, 0.5) is 5.95 Å². The zero-order chi connectivity index (χ0) is 10.8. The van der Waals surface area contributed by atoms with Crippen molar-refractivity contribution in [3.63, 3.8) is 0 Å². The van der Waals surface area contributed by atoms with Crippen molar-refractivity contribution in [3.8, 4) is 11.6 Å². The normalized spacial score (nSPS) is 10.5. The molecule has 0 atom stereocenters. The van der Waals surface area contributed by atoms with Crippen LogP contribution in [0.1, 0.15) is 12.7 Å². The third-order valence-corrected chi connectivity index (χ3v) is 2.10. The number of aryl methyl sites for hydroxylation is 1. The van der Waals surface area contributed by atoms with Gasteiger partial charge in [0.15, 0.2) is 11.6 Å². The molecule has 3 N–H and O–H groups in total. The Morgan fingerprint density at radius 3 is 2.87 bits per heavy atom. The molecule has 0 fully saturated rings. The molecule has 0 unspecified atom stereocenters. The van der Waals surface area contributed by atoms with Crippen LogP contribution in [0.25, 0.3) is 11.6 Å². The number of furan rings is 1. The van der Waals surface area contributed by atoms with Gasteiger partial charge >= 0.3 is 0 Å². The van der Waals surface area contributed by atoms with Gasteiger partial charge in [-0.05, 0) is 24.4 Å².